The minimum absolute atomic E-state index is 0.109. The highest BCUT2D eigenvalue weighted by atomic mass is 31.2. The number of unbranched alkanes of at least 4 members (excludes halogenated alkanes) is 59. The first-order chi connectivity index (χ1) is 50.2. The van der Waals surface area contributed by atoms with Gasteiger partial charge in [-0.25, -0.2) is 9.13 Å². The third kappa shape index (κ3) is 78.0. The molecule has 0 radical (unpaired) electrons. The SMILES string of the molecule is CCCCCCCCCCCCCCCCCCCCCCCCC(=O)O[C@H](COC(=O)CCCCCCCCCCCCCCCCCCC)COP(=O)(O)OC[C@@H](O)COP(=O)(O)OC[C@@H](COC(=O)CCCCCCCCCC)OC(=O)CCCCCCCCCCCCCCCCCC. The van der Waals surface area contributed by atoms with E-state index in [4.69, 9.17) is 37.0 Å². The summed E-state index contributed by atoms with van der Waals surface area (Å²) in [6, 6.07) is 0. The number of carbonyl (C=O) groups is 4. The molecule has 0 fully saturated rings. The van der Waals surface area contributed by atoms with E-state index < -0.39 is 97.5 Å². The van der Waals surface area contributed by atoms with Crippen molar-refractivity contribution in [2.45, 2.75) is 476 Å². The van der Waals surface area contributed by atoms with Gasteiger partial charge in [0.25, 0.3) is 0 Å². The van der Waals surface area contributed by atoms with Crippen LogP contribution in [0.3, 0.4) is 0 Å². The number of carbonyl (C=O) groups excluding carboxylic acids is 4. The molecule has 0 aliphatic rings. The van der Waals surface area contributed by atoms with Crippen molar-refractivity contribution in [3.8, 4) is 0 Å². The molecule has 0 aliphatic carbocycles. The highest BCUT2D eigenvalue weighted by molar-refractivity contribution is 7.47. The van der Waals surface area contributed by atoms with Gasteiger partial charge in [-0.2, -0.15) is 0 Å². The van der Waals surface area contributed by atoms with Gasteiger partial charge in [0.1, 0.15) is 19.3 Å². The van der Waals surface area contributed by atoms with Gasteiger partial charge in [-0.3, -0.25) is 37.3 Å². The van der Waals surface area contributed by atoms with Crippen molar-refractivity contribution in [3.63, 3.8) is 0 Å². The van der Waals surface area contributed by atoms with E-state index in [0.29, 0.717) is 25.7 Å². The van der Waals surface area contributed by atoms with Gasteiger partial charge in [-0.05, 0) is 25.7 Å². The van der Waals surface area contributed by atoms with Gasteiger partial charge in [0, 0.05) is 25.7 Å². The molecule has 17 nitrogen and oxygen atoms in total. The quantitative estimate of drug-likeness (QED) is 0.0222. The lowest BCUT2D eigenvalue weighted by Crippen LogP contribution is -2.30. The zero-order valence-electron chi connectivity index (χ0n) is 67.3. The van der Waals surface area contributed by atoms with Crippen molar-refractivity contribution in [2.75, 3.05) is 39.6 Å². The highest BCUT2D eigenvalue weighted by Gasteiger charge is 2.30. The van der Waals surface area contributed by atoms with Crippen molar-refractivity contribution in [3.05, 3.63) is 0 Å². The molecule has 0 saturated carbocycles. The van der Waals surface area contributed by atoms with Crippen LogP contribution in [0.1, 0.15) is 458 Å². The van der Waals surface area contributed by atoms with Crippen molar-refractivity contribution in [1.82, 2.24) is 0 Å². The lowest BCUT2D eigenvalue weighted by molar-refractivity contribution is -0.161. The predicted molar refractivity (Wildman–Crippen MR) is 423 cm³/mol. The molecule has 0 aromatic rings. The Morgan fingerprint density at radius 2 is 0.388 bits per heavy atom. The average Bonchev–Trinajstić information content (AvgIpc) is 0.949. The molecule has 0 rings (SSSR count). The Hall–Kier alpha value is -1.94. The Morgan fingerprint density at radius 1 is 0.233 bits per heavy atom. The Balaban J connectivity index is 5.17. The Bertz CT molecular complexity index is 1950. The minimum atomic E-state index is -4.96. The second kappa shape index (κ2) is 78.2. The zero-order valence-corrected chi connectivity index (χ0v) is 69.1. The van der Waals surface area contributed by atoms with Crippen LogP contribution < -0.4 is 0 Å². The van der Waals surface area contributed by atoms with Gasteiger partial charge in [0.05, 0.1) is 26.4 Å². The fourth-order valence-corrected chi connectivity index (χ4v) is 14.7. The number of esters is 4. The lowest BCUT2D eigenvalue weighted by Gasteiger charge is -2.21. The Labute approximate surface area is 632 Å². The second-order valence-corrected chi connectivity index (χ2v) is 33.1. The summed E-state index contributed by atoms with van der Waals surface area (Å²) >= 11 is 0. The molecule has 0 aromatic carbocycles. The third-order valence-corrected chi connectivity index (χ3v) is 21.8. The normalized spacial score (nSPS) is 13.7. The number of aliphatic hydroxyl groups is 1. The number of ether oxygens (including phenoxy) is 4. The number of aliphatic hydroxyl groups excluding tert-OH is 1. The van der Waals surface area contributed by atoms with Gasteiger partial charge in [-0.1, -0.05) is 407 Å². The van der Waals surface area contributed by atoms with Gasteiger partial charge in [0.2, 0.25) is 0 Å². The van der Waals surface area contributed by atoms with Crippen LogP contribution >= 0.6 is 15.6 Å². The van der Waals surface area contributed by atoms with Crippen LogP contribution in [0.15, 0.2) is 0 Å². The molecule has 2 unspecified atom stereocenters. The first kappa shape index (κ1) is 101. The summed E-state index contributed by atoms with van der Waals surface area (Å²) in [5.74, 6) is -2.10. The lowest BCUT2D eigenvalue weighted by atomic mass is 10.0. The Morgan fingerprint density at radius 3 is 0.573 bits per heavy atom. The number of hydrogen-bond acceptors (Lipinski definition) is 15. The second-order valence-electron chi connectivity index (χ2n) is 30.2. The van der Waals surface area contributed by atoms with E-state index in [2.05, 4.69) is 27.7 Å². The monoisotopic (exact) mass is 1510 g/mol. The van der Waals surface area contributed by atoms with Gasteiger partial charge < -0.3 is 33.8 Å². The van der Waals surface area contributed by atoms with Crippen molar-refractivity contribution < 1.29 is 80.2 Å². The van der Waals surface area contributed by atoms with E-state index >= 15 is 0 Å². The summed E-state index contributed by atoms with van der Waals surface area (Å²) < 4.78 is 68.7. The molecule has 0 saturated heterocycles. The summed E-state index contributed by atoms with van der Waals surface area (Å²) in [5.41, 5.74) is 0. The van der Waals surface area contributed by atoms with Gasteiger partial charge >= 0.3 is 39.5 Å². The standard InChI is InChI=1S/C84H164O17P2/c1-5-9-13-17-21-25-28-31-34-37-38-39-40-41-43-46-49-52-55-59-63-67-71-84(89)101-80(75-95-82(87)69-65-61-57-53-50-47-45-42-35-32-29-26-22-18-14-10-6-2)77-99-103(92,93)97-73-78(85)72-96-102(90,91)98-76-79(74-94-81(86)68-64-60-56-24-20-16-12-8-4)100-83(88)70-66-62-58-54-51-48-44-36-33-30-27-23-19-15-11-7-3/h78-80,85H,5-77H2,1-4H3,(H,90,91)(H,92,93)/t78-,79+,80+/m0/s1. The largest absolute Gasteiger partial charge is 0.472 e. The van der Waals surface area contributed by atoms with Crippen LogP contribution in [0.4, 0.5) is 0 Å². The molecule has 612 valence electrons. The van der Waals surface area contributed by atoms with Gasteiger partial charge in [-0.15, -0.1) is 0 Å². The van der Waals surface area contributed by atoms with E-state index in [1.165, 1.54) is 289 Å². The number of hydrogen-bond donors (Lipinski definition) is 3. The molecule has 103 heavy (non-hydrogen) atoms. The maximum atomic E-state index is 13.1. The molecule has 19 heteroatoms. The third-order valence-electron chi connectivity index (χ3n) is 19.9. The van der Waals surface area contributed by atoms with Crippen LogP contribution in [-0.2, 0) is 65.4 Å². The molecule has 0 aromatic heterocycles. The van der Waals surface area contributed by atoms with Crippen LogP contribution in [0.2, 0.25) is 0 Å². The number of phosphoric ester groups is 2. The van der Waals surface area contributed by atoms with E-state index in [1.807, 2.05) is 0 Å². The summed E-state index contributed by atoms with van der Waals surface area (Å²) in [5, 5.41) is 10.6. The van der Waals surface area contributed by atoms with Gasteiger partial charge in [0.15, 0.2) is 12.2 Å². The predicted octanol–water partition coefficient (Wildman–Crippen LogP) is 25.7. The van der Waals surface area contributed by atoms with Crippen LogP contribution in [0, 0.1) is 0 Å². The first-order valence-electron chi connectivity index (χ1n) is 43.8. The molecule has 0 spiro atoms. The minimum Gasteiger partial charge on any atom is -0.462 e. The summed E-state index contributed by atoms with van der Waals surface area (Å²) in [6.45, 7) is 5.02. The summed E-state index contributed by atoms with van der Waals surface area (Å²) in [4.78, 5) is 73.0. The molecular weight excluding hydrogens is 1340 g/mol. The van der Waals surface area contributed by atoms with E-state index in [1.54, 1.807) is 0 Å². The van der Waals surface area contributed by atoms with E-state index in [-0.39, 0.29) is 25.7 Å². The fourth-order valence-electron chi connectivity index (χ4n) is 13.2. The maximum Gasteiger partial charge on any atom is 0.472 e. The fraction of sp³-hybridized carbons (Fsp3) is 0.952. The number of rotatable bonds is 85. The molecule has 0 aliphatic heterocycles. The van der Waals surface area contributed by atoms with Crippen molar-refractivity contribution in [1.29, 1.82) is 0 Å². The smallest absolute Gasteiger partial charge is 0.462 e. The van der Waals surface area contributed by atoms with E-state index in [9.17, 15) is 43.2 Å². The van der Waals surface area contributed by atoms with Crippen molar-refractivity contribution in [2.24, 2.45) is 0 Å². The topological polar surface area (TPSA) is 237 Å². The number of phosphoric acid groups is 2. The Kier molecular flexibility index (Phi) is 76.7. The average molecular weight is 1510 g/mol. The van der Waals surface area contributed by atoms with Crippen LogP contribution in [0.5, 0.6) is 0 Å². The maximum absolute atomic E-state index is 13.1. The molecule has 0 heterocycles. The van der Waals surface area contributed by atoms with E-state index in [0.717, 1.165) is 89.9 Å². The summed E-state index contributed by atoms with van der Waals surface area (Å²) in [7, 11) is -9.92. The molecule has 5 atom stereocenters. The van der Waals surface area contributed by atoms with Crippen LogP contribution in [-0.4, -0.2) is 96.7 Å². The first-order valence-corrected chi connectivity index (χ1v) is 46.8. The van der Waals surface area contributed by atoms with Crippen LogP contribution in [0.25, 0.3) is 0 Å². The summed E-state index contributed by atoms with van der Waals surface area (Å²) in [6.07, 6.45) is 72.4. The molecule has 0 amide bonds. The molecular formula is C84H164O17P2. The zero-order chi connectivity index (χ0) is 75.3. The highest BCUT2D eigenvalue weighted by Crippen LogP contribution is 2.45. The van der Waals surface area contributed by atoms with Crippen molar-refractivity contribution >= 4 is 39.5 Å². The molecule has 3 N–H and O–H groups in total. The molecule has 0 bridgehead atoms.